The molecule has 2 rings (SSSR count). The fourth-order valence-electron chi connectivity index (χ4n) is 2.76. The molecule has 128 valence electrons. The predicted octanol–water partition coefficient (Wildman–Crippen LogP) is 1.31. The molecule has 0 amide bonds. The molecule has 0 aliphatic carbocycles. The molecule has 1 aromatic rings. The van der Waals surface area contributed by atoms with E-state index >= 15 is 0 Å². The van der Waals surface area contributed by atoms with Crippen LogP contribution in [0.5, 0.6) is 0 Å². The van der Waals surface area contributed by atoms with Gasteiger partial charge in [-0.3, -0.25) is 4.90 Å². The number of rotatable bonds is 7. The summed E-state index contributed by atoms with van der Waals surface area (Å²) in [6.45, 7) is 8.84. The first-order valence-corrected chi connectivity index (χ1v) is 8.66. The van der Waals surface area contributed by atoms with Crippen LogP contribution in [0.15, 0.2) is 30.3 Å². The second-order valence-electron chi connectivity index (χ2n) is 5.84. The number of benzene rings is 1. The Labute approximate surface area is 145 Å². The maximum atomic E-state index is 5.27. The summed E-state index contributed by atoms with van der Waals surface area (Å²) in [5.74, 6) is 0. The molecule has 1 heterocycles. The van der Waals surface area contributed by atoms with Gasteiger partial charge in [-0.2, -0.15) is 0 Å². The molecule has 6 heteroatoms. The summed E-state index contributed by atoms with van der Waals surface area (Å²) in [5.41, 5.74) is 1.32. The van der Waals surface area contributed by atoms with E-state index in [1.54, 1.807) is 7.11 Å². The average molecular weight is 337 g/mol. The van der Waals surface area contributed by atoms with Gasteiger partial charge in [-0.05, 0) is 31.3 Å². The molecule has 1 aliphatic heterocycles. The molecule has 5 nitrogen and oxygen atoms in total. The second kappa shape index (κ2) is 9.70. The smallest absolute Gasteiger partial charge is 0.166 e. The molecule has 1 atom stereocenters. The number of nitrogens with zero attached hydrogens (tertiary/aromatic N) is 2. The minimum Gasteiger partial charge on any atom is -0.383 e. The van der Waals surface area contributed by atoms with E-state index in [9.17, 15) is 0 Å². The Morgan fingerprint density at radius 3 is 2.52 bits per heavy atom. The molecule has 0 saturated carbocycles. The van der Waals surface area contributed by atoms with E-state index in [0.717, 1.165) is 39.3 Å². The average Bonchev–Trinajstić information content (AvgIpc) is 2.61. The second-order valence-corrected chi connectivity index (χ2v) is 6.25. The molecule has 0 bridgehead atoms. The highest BCUT2D eigenvalue weighted by Gasteiger charge is 2.21. The lowest BCUT2D eigenvalue weighted by atomic mass is 10.2. The first kappa shape index (κ1) is 18.0. The van der Waals surface area contributed by atoms with Crippen LogP contribution in [0.4, 0.5) is 5.69 Å². The van der Waals surface area contributed by atoms with Gasteiger partial charge in [0, 0.05) is 58.1 Å². The SMILES string of the molecule is COCCNC(=S)NCC(C)N1CCN(c2ccccc2)CC1. The van der Waals surface area contributed by atoms with Crippen molar-refractivity contribution in [3.8, 4) is 0 Å². The highest BCUT2D eigenvalue weighted by atomic mass is 32.1. The van der Waals surface area contributed by atoms with Gasteiger partial charge in [0.05, 0.1) is 6.61 Å². The summed E-state index contributed by atoms with van der Waals surface area (Å²) in [6, 6.07) is 11.1. The van der Waals surface area contributed by atoms with Crippen molar-refractivity contribution >= 4 is 23.0 Å². The summed E-state index contributed by atoms with van der Waals surface area (Å²) in [7, 11) is 1.69. The fraction of sp³-hybridized carbons (Fsp3) is 0.588. The van der Waals surface area contributed by atoms with Crippen LogP contribution in [-0.4, -0.2) is 69.0 Å². The van der Waals surface area contributed by atoms with Gasteiger partial charge in [-0.1, -0.05) is 18.2 Å². The largest absolute Gasteiger partial charge is 0.383 e. The van der Waals surface area contributed by atoms with Gasteiger partial charge in [0.2, 0.25) is 0 Å². The minimum atomic E-state index is 0.468. The third-order valence-corrected chi connectivity index (χ3v) is 4.50. The van der Waals surface area contributed by atoms with Crippen LogP contribution in [0.1, 0.15) is 6.92 Å². The Morgan fingerprint density at radius 1 is 1.17 bits per heavy atom. The summed E-state index contributed by atoms with van der Waals surface area (Å²) in [5, 5.41) is 7.14. The van der Waals surface area contributed by atoms with E-state index < -0.39 is 0 Å². The van der Waals surface area contributed by atoms with Crippen molar-refractivity contribution in [3.05, 3.63) is 30.3 Å². The summed E-state index contributed by atoms with van der Waals surface area (Å²) in [6.07, 6.45) is 0. The number of para-hydroxylation sites is 1. The Morgan fingerprint density at radius 2 is 1.87 bits per heavy atom. The zero-order chi connectivity index (χ0) is 16.5. The monoisotopic (exact) mass is 336 g/mol. The number of hydrogen-bond acceptors (Lipinski definition) is 4. The first-order valence-electron chi connectivity index (χ1n) is 8.25. The van der Waals surface area contributed by atoms with Crippen LogP contribution in [0.25, 0.3) is 0 Å². The molecule has 1 aromatic carbocycles. The standard InChI is InChI=1S/C17H28N4OS/c1-15(14-19-17(23)18-8-13-22-2)20-9-11-21(12-10-20)16-6-4-3-5-7-16/h3-7,15H,8-14H2,1-2H3,(H2,18,19,23). The van der Waals surface area contributed by atoms with Gasteiger partial charge in [0.15, 0.2) is 5.11 Å². The number of thiocarbonyl (C=S) groups is 1. The van der Waals surface area contributed by atoms with Crippen LogP contribution in [-0.2, 0) is 4.74 Å². The molecule has 2 N–H and O–H groups in total. The molecular formula is C17H28N4OS. The van der Waals surface area contributed by atoms with Crippen molar-refractivity contribution in [1.82, 2.24) is 15.5 Å². The van der Waals surface area contributed by atoms with E-state index in [2.05, 4.69) is 57.7 Å². The van der Waals surface area contributed by atoms with Gasteiger partial charge in [-0.15, -0.1) is 0 Å². The van der Waals surface area contributed by atoms with Crippen LogP contribution >= 0.6 is 12.2 Å². The number of hydrogen-bond donors (Lipinski definition) is 2. The van der Waals surface area contributed by atoms with Gasteiger partial charge in [0.1, 0.15) is 0 Å². The van der Waals surface area contributed by atoms with Crippen molar-refractivity contribution in [2.75, 3.05) is 57.9 Å². The number of anilines is 1. The maximum Gasteiger partial charge on any atom is 0.166 e. The lowest BCUT2D eigenvalue weighted by molar-refractivity contribution is 0.196. The zero-order valence-electron chi connectivity index (χ0n) is 14.1. The molecule has 1 aliphatic rings. The van der Waals surface area contributed by atoms with Crippen molar-refractivity contribution in [2.24, 2.45) is 0 Å². The number of piperazine rings is 1. The minimum absolute atomic E-state index is 0.468. The lowest BCUT2D eigenvalue weighted by Gasteiger charge is -2.39. The molecule has 0 aromatic heterocycles. The Hall–Kier alpha value is -1.37. The maximum absolute atomic E-state index is 5.27. The molecule has 1 unspecified atom stereocenters. The quantitative estimate of drug-likeness (QED) is 0.578. The Bertz CT molecular complexity index is 463. The molecule has 1 fully saturated rings. The third kappa shape index (κ3) is 5.97. The van der Waals surface area contributed by atoms with Gasteiger partial charge in [-0.25, -0.2) is 0 Å². The van der Waals surface area contributed by atoms with Crippen molar-refractivity contribution < 1.29 is 4.74 Å². The van der Waals surface area contributed by atoms with E-state index in [4.69, 9.17) is 17.0 Å². The molecular weight excluding hydrogens is 308 g/mol. The molecule has 0 spiro atoms. The highest BCUT2D eigenvalue weighted by Crippen LogP contribution is 2.16. The fourth-order valence-corrected chi connectivity index (χ4v) is 2.94. The highest BCUT2D eigenvalue weighted by molar-refractivity contribution is 7.80. The van der Waals surface area contributed by atoms with Crippen LogP contribution in [0.3, 0.4) is 0 Å². The summed E-state index contributed by atoms with van der Waals surface area (Å²) in [4.78, 5) is 4.97. The number of ether oxygens (including phenoxy) is 1. The number of nitrogens with one attached hydrogen (secondary N) is 2. The first-order chi connectivity index (χ1) is 11.2. The summed E-state index contributed by atoms with van der Waals surface area (Å²) >= 11 is 5.27. The van der Waals surface area contributed by atoms with Crippen molar-refractivity contribution in [1.29, 1.82) is 0 Å². The summed E-state index contributed by atoms with van der Waals surface area (Å²) < 4.78 is 5.00. The Kier molecular flexibility index (Phi) is 7.58. The lowest BCUT2D eigenvalue weighted by Crippen LogP contribution is -2.53. The van der Waals surface area contributed by atoms with E-state index in [-0.39, 0.29) is 0 Å². The van der Waals surface area contributed by atoms with Gasteiger partial charge >= 0.3 is 0 Å². The third-order valence-electron chi connectivity index (χ3n) is 4.21. The van der Waals surface area contributed by atoms with Crippen LogP contribution in [0, 0.1) is 0 Å². The van der Waals surface area contributed by atoms with Crippen LogP contribution < -0.4 is 15.5 Å². The van der Waals surface area contributed by atoms with Crippen molar-refractivity contribution in [3.63, 3.8) is 0 Å². The zero-order valence-corrected chi connectivity index (χ0v) is 14.9. The van der Waals surface area contributed by atoms with E-state index in [1.807, 2.05) is 0 Å². The van der Waals surface area contributed by atoms with E-state index in [1.165, 1.54) is 5.69 Å². The topological polar surface area (TPSA) is 39.8 Å². The van der Waals surface area contributed by atoms with Crippen molar-refractivity contribution in [2.45, 2.75) is 13.0 Å². The molecule has 23 heavy (non-hydrogen) atoms. The van der Waals surface area contributed by atoms with Gasteiger partial charge < -0.3 is 20.3 Å². The Balaban J connectivity index is 1.67. The molecule has 1 saturated heterocycles. The molecule has 0 radical (unpaired) electrons. The van der Waals surface area contributed by atoms with Gasteiger partial charge in [0.25, 0.3) is 0 Å². The van der Waals surface area contributed by atoms with Crippen LogP contribution in [0.2, 0.25) is 0 Å². The number of methoxy groups -OCH3 is 1. The van der Waals surface area contributed by atoms with E-state index in [0.29, 0.717) is 17.8 Å². The predicted molar refractivity (Wildman–Crippen MR) is 100 cm³/mol. The normalized spacial score (nSPS) is 16.9.